The fraction of sp³-hybridized carbons (Fsp3) is 1.00. The molecule has 0 rings (SSSR count). The van der Waals surface area contributed by atoms with Crippen LogP contribution in [0, 0.1) is 11.8 Å². The number of rotatable bonds is 23. The highest BCUT2D eigenvalue weighted by atomic mass is 19.4. The summed E-state index contributed by atoms with van der Waals surface area (Å²) in [7, 11) is 0. The van der Waals surface area contributed by atoms with Gasteiger partial charge in [-0.15, -0.1) is 0 Å². The fourth-order valence-corrected chi connectivity index (χ4v) is 5.19. The first kappa shape index (κ1) is 52.2. The molecule has 0 aliphatic carbocycles. The standard InChI is InChI=1S/C28H32F26/c1-3-5-7-9-11-15(13-17(29,30)19(33,34)21(37,38)23(41,42)25(45,46)27(49,50)51)16(12-10-8-6-4-2)14-18(31,32)20(35,36)22(39,40)24(43,44)26(47,48)28(52,53)54/h15-16H,3-14H2,1-2H3. The Kier molecular flexibility index (Phi) is 16.0. The minimum atomic E-state index is -8.41. The van der Waals surface area contributed by atoms with Crippen molar-refractivity contribution in [2.24, 2.45) is 11.8 Å². The van der Waals surface area contributed by atoms with Crippen LogP contribution in [-0.4, -0.2) is 71.6 Å². The van der Waals surface area contributed by atoms with E-state index in [1.807, 2.05) is 0 Å². The smallest absolute Gasteiger partial charge is 0.200 e. The van der Waals surface area contributed by atoms with Gasteiger partial charge in [0.15, 0.2) is 0 Å². The van der Waals surface area contributed by atoms with E-state index in [2.05, 4.69) is 0 Å². The van der Waals surface area contributed by atoms with E-state index in [1.54, 1.807) is 0 Å². The molecule has 0 saturated carbocycles. The van der Waals surface area contributed by atoms with Crippen molar-refractivity contribution >= 4 is 0 Å². The van der Waals surface area contributed by atoms with Crippen LogP contribution in [0.2, 0.25) is 0 Å². The van der Waals surface area contributed by atoms with Crippen LogP contribution in [0.1, 0.15) is 90.9 Å². The number of hydrogen-bond acceptors (Lipinski definition) is 0. The first-order chi connectivity index (χ1) is 23.6. The molecule has 326 valence electrons. The van der Waals surface area contributed by atoms with Crippen LogP contribution in [0.3, 0.4) is 0 Å². The lowest BCUT2D eigenvalue weighted by molar-refractivity contribution is -0.442. The van der Waals surface area contributed by atoms with Crippen LogP contribution in [0.15, 0.2) is 0 Å². The molecule has 0 aliphatic heterocycles. The van der Waals surface area contributed by atoms with Gasteiger partial charge in [0.25, 0.3) is 0 Å². The van der Waals surface area contributed by atoms with Crippen molar-refractivity contribution in [3.05, 3.63) is 0 Å². The molecule has 0 aliphatic rings. The number of hydrogen-bond donors (Lipinski definition) is 0. The van der Waals surface area contributed by atoms with Gasteiger partial charge in [-0.1, -0.05) is 65.2 Å². The quantitative estimate of drug-likeness (QED) is 0.0709. The summed E-state index contributed by atoms with van der Waals surface area (Å²) in [6, 6.07) is 0. The maximum atomic E-state index is 15.0. The average Bonchev–Trinajstić information content (AvgIpc) is 2.98. The molecule has 0 saturated heterocycles. The van der Waals surface area contributed by atoms with Crippen molar-refractivity contribution in [3.8, 4) is 0 Å². The van der Waals surface area contributed by atoms with Crippen molar-refractivity contribution in [1.82, 2.24) is 0 Å². The number of halogens is 26. The molecule has 0 N–H and O–H groups in total. The molecule has 0 bridgehead atoms. The van der Waals surface area contributed by atoms with Gasteiger partial charge in [-0.25, -0.2) is 0 Å². The fourth-order valence-electron chi connectivity index (χ4n) is 5.19. The molecule has 2 atom stereocenters. The van der Waals surface area contributed by atoms with Crippen molar-refractivity contribution in [3.63, 3.8) is 0 Å². The summed E-state index contributed by atoms with van der Waals surface area (Å²) in [6.45, 7) is 2.84. The van der Waals surface area contributed by atoms with Gasteiger partial charge >= 0.3 is 71.6 Å². The van der Waals surface area contributed by atoms with E-state index >= 15 is 0 Å². The zero-order chi connectivity index (χ0) is 43.6. The molecule has 0 radical (unpaired) electrons. The number of alkyl halides is 26. The summed E-state index contributed by atoms with van der Waals surface area (Å²) in [6.07, 6.45) is -26.5. The third-order valence-corrected chi connectivity index (χ3v) is 8.56. The molecule has 0 aromatic heterocycles. The Morgan fingerprint density at radius 2 is 0.500 bits per heavy atom. The van der Waals surface area contributed by atoms with Crippen LogP contribution in [0.4, 0.5) is 114 Å². The lowest BCUT2D eigenvalue weighted by Crippen LogP contribution is -2.70. The Morgan fingerprint density at radius 3 is 0.704 bits per heavy atom. The minimum absolute atomic E-state index is 0.0141. The lowest BCUT2D eigenvalue weighted by Gasteiger charge is -2.42. The molecule has 0 heterocycles. The predicted octanol–water partition coefficient (Wildman–Crippen LogP) is 14.4. The second-order valence-electron chi connectivity index (χ2n) is 12.6. The molecule has 54 heavy (non-hydrogen) atoms. The summed E-state index contributed by atoms with van der Waals surface area (Å²) in [5.41, 5.74) is 0. The molecule has 0 aromatic rings. The molecular weight excluding hydrogens is 830 g/mol. The highest BCUT2D eigenvalue weighted by Gasteiger charge is 2.92. The van der Waals surface area contributed by atoms with Gasteiger partial charge in [0.1, 0.15) is 0 Å². The Morgan fingerprint density at radius 1 is 0.278 bits per heavy atom. The Balaban J connectivity index is 7.43. The second kappa shape index (κ2) is 16.6. The van der Waals surface area contributed by atoms with E-state index < -0.39 is 122 Å². The molecule has 0 amide bonds. The van der Waals surface area contributed by atoms with Crippen LogP contribution >= 0.6 is 0 Å². The van der Waals surface area contributed by atoms with E-state index in [-0.39, 0.29) is 38.5 Å². The summed E-state index contributed by atoms with van der Waals surface area (Å²) in [5, 5.41) is 0. The van der Waals surface area contributed by atoms with E-state index in [9.17, 15) is 114 Å². The SMILES string of the molecule is CCCCCCC(CC(F)(F)C(F)(F)C(F)(F)C(F)(F)C(F)(F)C(F)(F)F)C(CCCCCC)CC(F)(F)C(F)(F)C(F)(F)C(F)(F)C(F)(F)C(F)(F)F. The van der Waals surface area contributed by atoms with Gasteiger partial charge in [-0.05, 0) is 24.7 Å². The monoisotopic (exact) mass is 862 g/mol. The molecule has 0 aromatic carbocycles. The van der Waals surface area contributed by atoms with Crippen molar-refractivity contribution in [1.29, 1.82) is 0 Å². The summed E-state index contributed by atoms with van der Waals surface area (Å²) in [4.78, 5) is 0. The van der Waals surface area contributed by atoms with E-state index in [4.69, 9.17) is 0 Å². The first-order valence-corrected chi connectivity index (χ1v) is 15.5. The average molecular weight is 863 g/mol. The van der Waals surface area contributed by atoms with Crippen LogP contribution < -0.4 is 0 Å². The Bertz CT molecular complexity index is 1070. The minimum Gasteiger partial charge on any atom is -0.200 e. The number of unbranched alkanes of at least 4 members (excludes halogenated alkanes) is 6. The van der Waals surface area contributed by atoms with Gasteiger partial charge in [0.2, 0.25) is 0 Å². The zero-order valence-corrected chi connectivity index (χ0v) is 27.5. The Labute approximate surface area is 289 Å². The highest BCUT2D eigenvalue weighted by Crippen LogP contribution is 2.63. The van der Waals surface area contributed by atoms with Crippen LogP contribution in [0.25, 0.3) is 0 Å². The highest BCUT2D eigenvalue weighted by molar-refractivity contribution is 5.12. The summed E-state index contributed by atoms with van der Waals surface area (Å²) >= 11 is 0. The third-order valence-electron chi connectivity index (χ3n) is 8.56. The summed E-state index contributed by atoms with van der Waals surface area (Å²) < 4.78 is 357. The van der Waals surface area contributed by atoms with E-state index in [1.165, 1.54) is 13.8 Å². The first-order valence-electron chi connectivity index (χ1n) is 15.5. The lowest BCUT2D eigenvalue weighted by atomic mass is 9.74. The molecule has 0 nitrogen and oxygen atoms in total. The summed E-state index contributed by atoms with van der Waals surface area (Å²) in [5.74, 6) is -86.1. The van der Waals surface area contributed by atoms with Gasteiger partial charge in [0, 0.05) is 12.8 Å². The van der Waals surface area contributed by atoms with Gasteiger partial charge in [-0.3, -0.25) is 0 Å². The topological polar surface area (TPSA) is 0 Å². The maximum Gasteiger partial charge on any atom is 0.460 e. The van der Waals surface area contributed by atoms with Crippen molar-refractivity contribution < 1.29 is 114 Å². The van der Waals surface area contributed by atoms with E-state index in [0.717, 1.165) is 0 Å². The van der Waals surface area contributed by atoms with Crippen molar-refractivity contribution in [2.75, 3.05) is 0 Å². The third kappa shape index (κ3) is 9.31. The van der Waals surface area contributed by atoms with E-state index in [0.29, 0.717) is 0 Å². The van der Waals surface area contributed by atoms with Gasteiger partial charge in [0.05, 0.1) is 0 Å². The molecular formula is C28H32F26. The molecule has 2 unspecified atom stereocenters. The Hall–Kier alpha value is -1.82. The van der Waals surface area contributed by atoms with Crippen LogP contribution in [-0.2, 0) is 0 Å². The molecule has 26 heteroatoms. The predicted molar refractivity (Wildman–Crippen MR) is 135 cm³/mol. The van der Waals surface area contributed by atoms with Crippen LogP contribution in [0.5, 0.6) is 0 Å². The second-order valence-corrected chi connectivity index (χ2v) is 12.6. The van der Waals surface area contributed by atoms with Gasteiger partial charge < -0.3 is 0 Å². The normalized spacial score (nSPS) is 16.9. The zero-order valence-electron chi connectivity index (χ0n) is 27.5. The van der Waals surface area contributed by atoms with Crippen molar-refractivity contribution in [2.45, 2.75) is 162 Å². The largest absolute Gasteiger partial charge is 0.460 e. The molecule has 0 fully saturated rings. The van der Waals surface area contributed by atoms with Gasteiger partial charge in [-0.2, -0.15) is 114 Å². The molecule has 0 spiro atoms. The maximum absolute atomic E-state index is 15.0.